The van der Waals surface area contributed by atoms with Crippen LogP contribution in [0.3, 0.4) is 0 Å². The molecule has 0 aromatic heterocycles. The van der Waals surface area contributed by atoms with Crippen LogP contribution < -0.4 is 10.6 Å². The van der Waals surface area contributed by atoms with Crippen molar-refractivity contribution in [1.82, 2.24) is 10.6 Å². The summed E-state index contributed by atoms with van der Waals surface area (Å²) in [6.45, 7) is 3.79. The third-order valence-electron chi connectivity index (χ3n) is 5.64. The topological polar surface area (TPSA) is 105 Å². The summed E-state index contributed by atoms with van der Waals surface area (Å²) in [7, 11) is 0. The molecule has 7 heteroatoms. The quantitative estimate of drug-likeness (QED) is 0.519. The zero-order valence-electron chi connectivity index (χ0n) is 18.5. The lowest BCUT2D eigenvalue weighted by Gasteiger charge is -2.17. The lowest BCUT2D eigenvalue weighted by Crippen LogP contribution is -2.35. The maximum atomic E-state index is 12.3. The van der Waals surface area contributed by atoms with Gasteiger partial charge >= 0.3 is 12.1 Å². The van der Waals surface area contributed by atoms with Crippen LogP contribution in [-0.4, -0.2) is 41.8 Å². The van der Waals surface area contributed by atoms with Crippen molar-refractivity contribution >= 4 is 18.0 Å². The van der Waals surface area contributed by atoms with Crippen molar-refractivity contribution in [3.63, 3.8) is 0 Å². The lowest BCUT2D eigenvalue weighted by atomic mass is 9.98. The molecule has 3 rings (SSSR count). The second-order valence-corrected chi connectivity index (χ2v) is 8.33. The highest BCUT2D eigenvalue weighted by Gasteiger charge is 2.29. The number of rotatable bonds is 10. The molecule has 0 aliphatic heterocycles. The molecule has 0 spiro atoms. The van der Waals surface area contributed by atoms with Crippen LogP contribution in [0.5, 0.6) is 0 Å². The highest BCUT2D eigenvalue weighted by molar-refractivity contribution is 5.79. The Bertz CT molecular complexity index is 929. The molecule has 1 aliphatic rings. The second kappa shape index (κ2) is 10.8. The molecule has 3 N–H and O–H groups in total. The number of hydrogen-bond donors (Lipinski definition) is 3. The Morgan fingerprint density at radius 2 is 1.53 bits per heavy atom. The molecule has 0 bridgehead atoms. The maximum absolute atomic E-state index is 12.3. The van der Waals surface area contributed by atoms with Gasteiger partial charge in [-0.3, -0.25) is 9.59 Å². The Kier molecular flexibility index (Phi) is 7.87. The Labute approximate surface area is 188 Å². The summed E-state index contributed by atoms with van der Waals surface area (Å²) in [4.78, 5) is 34.8. The number of ether oxygens (including phenoxy) is 1. The van der Waals surface area contributed by atoms with Gasteiger partial charge in [-0.05, 0) is 48.9 Å². The molecule has 0 fully saturated rings. The van der Waals surface area contributed by atoms with Gasteiger partial charge in [0, 0.05) is 24.4 Å². The molecule has 2 atom stereocenters. The molecule has 2 aromatic rings. The average molecular weight is 439 g/mol. The van der Waals surface area contributed by atoms with Crippen LogP contribution in [-0.2, 0) is 14.3 Å². The number of fused-ring (bicyclic) bond motifs is 3. The lowest BCUT2D eigenvalue weighted by molar-refractivity contribution is -0.137. The van der Waals surface area contributed by atoms with Crippen LogP contribution in [0.15, 0.2) is 48.5 Å². The normalized spacial score (nSPS) is 14.1. The third-order valence-corrected chi connectivity index (χ3v) is 5.64. The van der Waals surface area contributed by atoms with E-state index in [2.05, 4.69) is 34.9 Å². The molecule has 0 heterocycles. The third kappa shape index (κ3) is 6.09. The molecule has 0 radical (unpaired) electrons. The largest absolute Gasteiger partial charge is 0.481 e. The Morgan fingerprint density at radius 1 is 0.938 bits per heavy atom. The van der Waals surface area contributed by atoms with E-state index >= 15 is 0 Å². The zero-order chi connectivity index (χ0) is 23.1. The van der Waals surface area contributed by atoms with E-state index in [-0.39, 0.29) is 37.3 Å². The van der Waals surface area contributed by atoms with Gasteiger partial charge in [0.05, 0.1) is 6.42 Å². The number of carboxylic acid groups (broad SMARTS) is 1. The fourth-order valence-corrected chi connectivity index (χ4v) is 4.14. The number of carboxylic acids is 1. The summed E-state index contributed by atoms with van der Waals surface area (Å²) in [5.41, 5.74) is 4.69. The average Bonchev–Trinajstić information content (AvgIpc) is 3.05. The van der Waals surface area contributed by atoms with Crippen LogP contribution in [0.1, 0.15) is 56.6 Å². The van der Waals surface area contributed by atoms with Crippen LogP contribution in [0.2, 0.25) is 0 Å². The van der Waals surface area contributed by atoms with Gasteiger partial charge in [-0.25, -0.2) is 4.79 Å². The van der Waals surface area contributed by atoms with Gasteiger partial charge in [0.2, 0.25) is 5.91 Å². The molecule has 7 nitrogen and oxygen atoms in total. The minimum atomic E-state index is -0.946. The standard InChI is InChI=1S/C25H30N2O5/c1-16(8-7-13-23(28)26-17(2)14-24(29)30)27-25(31)32-15-22-20-11-5-3-9-18(20)19-10-4-6-12-21(19)22/h3-6,9-12,16-17,22H,7-8,13-15H2,1-2H3,(H,26,28)(H,27,31)(H,29,30)/t16?,17-/m0/s1. The highest BCUT2D eigenvalue weighted by atomic mass is 16.5. The Balaban J connectivity index is 1.42. The molecule has 0 saturated carbocycles. The van der Waals surface area contributed by atoms with E-state index in [0.717, 1.165) is 11.1 Å². The van der Waals surface area contributed by atoms with Crippen LogP contribution in [0.4, 0.5) is 4.79 Å². The van der Waals surface area contributed by atoms with Crippen molar-refractivity contribution in [2.45, 2.75) is 57.5 Å². The van der Waals surface area contributed by atoms with Gasteiger partial charge in [0.25, 0.3) is 0 Å². The highest BCUT2D eigenvalue weighted by Crippen LogP contribution is 2.44. The monoisotopic (exact) mass is 438 g/mol. The van der Waals surface area contributed by atoms with Crippen molar-refractivity contribution in [2.75, 3.05) is 6.61 Å². The predicted octanol–water partition coefficient (Wildman–Crippen LogP) is 4.06. The first-order chi connectivity index (χ1) is 15.3. The molecule has 0 saturated heterocycles. The van der Waals surface area contributed by atoms with Gasteiger partial charge < -0.3 is 20.5 Å². The fourth-order valence-electron chi connectivity index (χ4n) is 4.14. The van der Waals surface area contributed by atoms with E-state index in [1.165, 1.54) is 11.1 Å². The Hall–Kier alpha value is -3.35. The van der Waals surface area contributed by atoms with E-state index in [4.69, 9.17) is 9.84 Å². The minimum absolute atomic E-state index is 0.0138. The van der Waals surface area contributed by atoms with Gasteiger partial charge in [-0.2, -0.15) is 0 Å². The summed E-state index contributed by atoms with van der Waals surface area (Å²) in [5, 5.41) is 14.2. The summed E-state index contributed by atoms with van der Waals surface area (Å²) in [5.74, 6) is -1.12. The van der Waals surface area contributed by atoms with E-state index in [9.17, 15) is 14.4 Å². The first kappa shape index (κ1) is 23.3. The van der Waals surface area contributed by atoms with Crippen LogP contribution in [0.25, 0.3) is 11.1 Å². The Morgan fingerprint density at radius 3 is 2.12 bits per heavy atom. The molecule has 170 valence electrons. The molecule has 32 heavy (non-hydrogen) atoms. The van der Waals surface area contributed by atoms with E-state index in [1.807, 2.05) is 31.2 Å². The molecule has 2 amide bonds. The number of hydrogen-bond acceptors (Lipinski definition) is 4. The maximum Gasteiger partial charge on any atom is 0.407 e. The molecule has 1 aliphatic carbocycles. The number of amides is 2. The van der Waals surface area contributed by atoms with Gasteiger partial charge in [-0.1, -0.05) is 48.5 Å². The summed E-state index contributed by atoms with van der Waals surface area (Å²) < 4.78 is 5.54. The van der Waals surface area contributed by atoms with Gasteiger partial charge in [0.15, 0.2) is 0 Å². The first-order valence-corrected chi connectivity index (χ1v) is 11.0. The first-order valence-electron chi connectivity index (χ1n) is 11.0. The van der Waals surface area contributed by atoms with Gasteiger partial charge in [-0.15, -0.1) is 0 Å². The number of aliphatic carboxylic acids is 1. The van der Waals surface area contributed by atoms with E-state index < -0.39 is 18.1 Å². The van der Waals surface area contributed by atoms with Gasteiger partial charge in [0.1, 0.15) is 6.61 Å². The van der Waals surface area contributed by atoms with Crippen molar-refractivity contribution in [3.05, 3.63) is 59.7 Å². The zero-order valence-corrected chi connectivity index (χ0v) is 18.5. The van der Waals surface area contributed by atoms with Crippen molar-refractivity contribution in [1.29, 1.82) is 0 Å². The molecular weight excluding hydrogens is 408 g/mol. The number of nitrogens with one attached hydrogen (secondary N) is 2. The van der Waals surface area contributed by atoms with E-state index in [0.29, 0.717) is 12.8 Å². The van der Waals surface area contributed by atoms with Crippen LogP contribution >= 0.6 is 0 Å². The number of alkyl carbamates (subject to hydrolysis) is 1. The summed E-state index contributed by atoms with van der Waals surface area (Å²) in [6, 6.07) is 15.8. The van der Waals surface area contributed by atoms with Crippen LogP contribution in [0, 0.1) is 0 Å². The molecule has 1 unspecified atom stereocenters. The molecular formula is C25H30N2O5. The number of benzene rings is 2. The summed E-state index contributed by atoms with van der Waals surface area (Å²) in [6.07, 6.45) is 0.895. The SMILES string of the molecule is CC(CCCC(=O)N[C@@H](C)CC(=O)O)NC(=O)OCC1c2ccccc2-c2ccccc21. The fraction of sp³-hybridized carbons (Fsp3) is 0.400. The van der Waals surface area contributed by atoms with E-state index in [1.54, 1.807) is 6.92 Å². The van der Waals surface area contributed by atoms with Crippen molar-refractivity contribution in [2.24, 2.45) is 0 Å². The molecule has 2 aromatic carbocycles. The minimum Gasteiger partial charge on any atom is -0.481 e. The summed E-state index contributed by atoms with van der Waals surface area (Å²) >= 11 is 0. The van der Waals surface area contributed by atoms with Crippen molar-refractivity contribution in [3.8, 4) is 11.1 Å². The second-order valence-electron chi connectivity index (χ2n) is 8.33. The van der Waals surface area contributed by atoms with Crippen molar-refractivity contribution < 1.29 is 24.2 Å². The number of carbonyl (C=O) groups excluding carboxylic acids is 2. The predicted molar refractivity (Wildman–Crippen MR) is 121 cm³/mol. The number of carbonyl (C=O) groups is 3. The smallest absolute Gasteiger partial charge is 0.407 e.